The zero-order chi connectivity index (χ0) is 19.4. The minimum Gasteiger partial charge on any atom is -0.340 e. The van der Waals surface area contributed by atoms with Crippen LogP contribution in [-0.4, -0.2) is 15.9 Å². The summed E-state index contributed by atoms with van der Waals surface area (Å²) in [5.41, 5.74) is 5.78. The zero-order valence-corrected chi connectivity index (χ0v) is 15.9. The van der Waals surface area contributed by atoms with Crippen molar-refractivity contribution in [1.82, 2.24) is 9.97 Å². The number of hydrogen-bond acceptors (Lipinski definition) is 5. The number of anilines is 5. The fourth-order valence-corrected chi connectivity index (χ4v) is 2.67. The lowest BCUT2D eigenvalue weighted by Gasteiger charge is -2.12. The summed E-state index contributed by atoms with van der Waals surface area (Å²) in [5.74, 6) is 1.15. The molecule has 0 aliphatic rings. The molecule has 0 aliphatic heterocycles. The predicted molar refractivity (Wildman–Crippen MR) is 110 cm³/mol. The smallest absolute Gasteiger partial charge is 0.229 e. The van der Waals surface area contributed by atoms with Crippen molar-refractivity contribution in [2.45, 2.75) is 27.7 Å². The molecule has 6 nitrogen and oxygen atoms in total. The van der Waals surface area contributed by atoms with E-state index in [1.807, 2.05) is 44.2 Å². The first-order valence-electron chi connectivity index (χ1n) is 8.74. The van der Waals surface area contributed by atoms with Crippen molar-refractivity contribution in [3.8, 4) is 0 Å². The summed E-state index contributed by atoms with van der Waals surface area (Å²) in [6.45, 7) is 7.52. The van der Waals surface area contributed by atoms with Gasteiger partial charge in [0, 0.05) is 35.7 Å². The van der Waals surface area contributed by atoms with Crippen molar-refractivity contribution in [2.75, 3.05) is 16.0 Å². The minimum atomic E-state index is -0.0932. The highest BCUT2D eigenvalue weighted by atomic mass is 16.1. The van der Waals surface area contributed by atoms with Crippen LogP contribution in [0.15, 0.2) is 48.5 Å². The number of amides is 1. The molecule has 0 aliphatic carbocycles. The maximum absolute atomic E-state index is 11.1. The van der Waals surface area contributed by atoms with Crippen LogP contribution in [0.1, 0.15) is 23.7 Å². The summed E-state index contributed by atoms with van der Waals surface area (Å²) in [6, 6.07) is 15.6. The molecule has 0 radical (unpaired) electrons. The lowest BCUT2D eigenvalue weighted by Crippen LogP contribution is -2.05. The second-order valence-electron chi connectivity index (χ2n) is 6.55. The van der Waals surface area contributed by atoms with Gasteiger partial charge in [-0.05, 0) is 62.2 Å². The van der Waals surface area contributed by atoms with Crippen LogP contribution in [0.5, 0.6) is 0 Å². The van der Waals surface area contributed by atoms with Gasteiger partial charge in [-0.1, -0.05) is 12.1 Å². The molecule has 6 heteroatoms. The van der Waals surface area contributed by atoms with Crippen molar-refractivity contribution in [3.63, 3.8) is 0 Å². The predicted octanol–water partition coefficient (Wildman–Crippen LogP) is 4.85. The fourth-order valence-electron chi connectivity index (χ4n) is 2.67. The summed E-state index contributed by atoms with van der Waals surface area (Å²) < 4.78 is 0. The molecule has 0 unspecified atom stereocenters. The highest BCUT2D eigenvalue weighted by molar-refractivity contribution is 5.88. The van der Waals surface area contributed by atoms with Crippen molar-refractivity contribution in [3.05, 3.63) is 65.4 Å². The van der Waals surface area contributed by atoms with E-state index in [0.717, 1.165) is 28.3 Å². The van der Waals surface area contributed by atoms with E-state index in [4.69, 9.17) is 0 Å². The molecule has 3 N–H and O–H groups in total. The molecular formula is C21H23N5O. The van der Waals surface area contributed by atoms with E-state index in [9.17, 15) is 4.79 Å². The van der Waals surface area contributed by atoms with Gasteiger partial charge in [-0.15, -0.1) is 0 Å². The maximum Gasteiger partial charge on any atom is 0.229 e. The quantitative estimate of drug-likeness (QED) is 0.605. The number of aryl methyl sites for hydroxylation is 3. The summed E-state index contributed by atoms with van der Waals surface area (Å²) in [7, 11) is 0. The number of carbonyl (C=O) groups is 1. The standard InChI is InChI=1S/C21H23N5O/c1-13-5-6-14(2)19(11-13)25-21-22-15(3)12-20(26-21)24-18-9-7-17(8-10-18)23-16(4)27/h5-12H,1-4H3,(H,23,27)(H2,22,24,25,26). The van der Waals surface area contributed by atoms with Crippen LogP contribution in [0.3, 0.4) is 0 Å². The van der Waals surface area contributed by atoms with E-state index in [-0.39, 0.29) is 5.91 Å². The Bertz CT molecular complexity index is 967. The van der Waals surface area contributed by atoms with E-state index in [0.29, 0.717) is 11.8 Å². The number of benzene rings is 2. The molecule has 2 aromatic carbocycles. The Morgan fingerprint density at radius 2 is 1.56 bits per heavy atom. The van der Waals surface area contributed by atoms with Crippen molar-refractivity contribution < 1.29 is 4.79 Å². The Kier molecular flexibility index (Phi) is 5.35. The number of rotatable bonds is 5. The Morgan fingerprint density at radius 3 is 2.26 bits per heavy atom. The Balaban J connectivity index is 1.79. The largest absolute Gasteiger partial charge is 0.340 e. The Hall–Kier alpha value is -3.41. The van der Waals surface area contributed by atoms with Crippen LogP contribution >= 0.6 is 0 Å². The molecule has 0 saturated carbocycles. The highest BCUT2D eigenvalue weighted by Crippen LogP contribution is 2.23. The third-order valence-corrected chi connectivity index (χ3v) is 3.97. The molecular weight excluding hydrogens is 338 g/mol. The average Bonchev–Trinajstić information content (AvgIpc) is 2.59. The summed E-state index contributed by atoms with van der Waals surface area (Å²) in [4.78, 5) is 20.1. The molecule has 0 fully saturated rings. The van der Waals surface area contributed by atoms with Gasteiger partial charge < -0.3 is 16.0 Å². The van der Waals surface area contributed by atoms with E-state index < -0.39 is 0 Å². The number of aromatic nitrogens is 2. The van der Waals surface area contributed by atoms with E-state index in [1.54, 1.807) is 0 Å². The van der Waals surface area contributed by atoms with Gasteiger partial charge in [-0.3, -0.25) is 4.79 Å². The molecule has 0 spiro atoms. The number of hydrogen-bond donors (Lipinski definition) is 3. The van der Waals surface area contributed by atoms with E-state index >= 15 is 0 Å². The molecule has 27 heavy (non-hydrogen) atoms. The Labute approximate surface area is 159 Å². The fraction of sp³-hybridized carbons (Fsp3) is 0.190. The molecule has 1 aromatic heterocycles. The molecule has 1 heterocycles. The lowest BCUT2D eigenvalue weighted by atomic mass is 10.1. The summed E-state index contributed by atoms with van der Waals surface area (Å²) >= 11 is 0. The van der Waals surface area contributed by atoms with Gasteiger partial charge in [0.05, 0.1) is 0 Å². The highest BCUT2D eigenvalue weighted by Gasteiger charge is 2.06. The van der Waals surface area contributed by atoms with Gasteiger partial charge in [0.1, 0.15) is 5.82 Å². The molecule has 1 amide bonds. The van der Waals surface area contributed by atoms with E-state index in [2.05, 4.69) is 51.0 Å². The number of nitrogens with one attached hydrogen (secondary N) is 3. The first-order valence-corrected chi connectivity index (χ1v) is 8.74. The third-order valence-electron chi connectivity index (χ3n) is 3.97. The van der Waals surface area contributed by atoms with Crippen molar-refractivity contribution >= 4 is 34.7 Å². The van der Waals surface area contributed by atoms with Crippen molar-refractivity contribution in [2.24, 2.45) is 0 Å². The van der Waals surface area contributed by atoms with Gasteiger partial charge in [0.25, 0.3) is 0 Å². The monoisotopic (exact) mass is 361 g/mol. The maximum atomic E-state index is 11.1. The topological polar surface area (TPSA) is 78.9 Å². The molecule has 0 bridgehead atoms. The van der Waals surface area contributed by atoms with Crippen LogP contribution in [0.2, 0.25) is 0 Å². The first-order chi connectivity index (χ1) is 12.9. The van der Waals surface area contributed by atoms with Crippen LogP contribution in [-0.2, 0) is 4.79 Å². The molecule has 0 saturated heterocycles. The lowest BCUT2D eigenvalue weighted by molar-refractivity contribution is -0.114. The van der Waals surface area contributed by atoms with Crippen LogP contribution in [0, 0.1) is 20.8 Å². The van der Waals surface area contributed by atoms with Crippen LogP contribution in [0.4, 0.5) is 28.8 Å². The molecule has 3 aromatic rings. The average molecular weight is 361 g/mol. The molecule has 0 atom stereocenters. The molecule has 3 rings (SSSR count). The van der Waals surface area contributed by atoms with E-state index in [1.165, 1.54) is 12.5 Å². The second kappa shape index (κ2) is 7.86. The SMILES string of the molecule is CC(=O)Nc1ccc(Nc2cc(C)nc(Nc3cc(C)ccc3C)n2)cc1. The first kappa shape index (κ1) is 18.4. The number of carbonyl (C=O) groups excluding carboxylic acids is 1. The van der Waals surface area contributed by atoms with Gasteiger partial charge in [0.15, 0.2) is 0 Å². The van der Waals surface area contributed by atoms with Gasteiger partial charge in [0.2, 0.25) is 11.9 Å². The minimum absolute atomic E-state index is 0.0932. The van der Waals surface area contributed by atoms with Gasteiger partial charge in [-0.2, -0.15) is 4.98 Å². The van der Waals surface area contributed by atoms with Crippen LogP contribution < -0.4 is 16.0 Å². The molecule has 138 valence electrons. The normalized spacial score (nSPS) is 10.4. The third kappa shape index (κ3) is 5.04. The van der Waals surface area contributed by atoms with Crippen LogP contribution in [0.25, 0.3) is 0 Å². The van der Waals surface area contributed by atoms with Gasteiger partial charge in [-0.25, -0.2) is 4.98 Å². The Morgan fingerprint density at radius 1 is 0.852 bits per heavy atom. The second-order valence-corrected chi connectivity index (χ2v) is 6.55. The number of nitrogens with zero attached hydrogens (tertiary/aromatic N) is 2. The summed E-state index contributed by atoms with van der Waals surface area (Å²) in [6.07, 6.45) is 0. The summed E-state index contributed by atoms with van der Waals surface area (Å²) in [5, 5.41) is 9.32. The van der Waals surface area contributed by atoms with Crippen molar-refractivity contribution in [1.29, 1.82) is 0 Å². The van der Waals surface area contributed by atoms with Gasteiger partial charge >= 0.3 is 0 Å². The zero-order valence-electron chi connectivity index (χ0n) is 15.9.